The number of aliphatic carboxylic acids is 3. The van der Waals surface area contributed by atoms with Crippen LogP contribution in [0.3, 0.4) is 0 Å². The lowest BCUT2D eigenvalue weighted by molar-refractivity contribution is -0.142. The maximum atomic E-state index is 12.1. The Hall–Kier alpha value is -4.31. The predicted octanol–water partition coefficient (Wildman–Crippen LogP) is 5.22. The number of aliphatic hydroxyl groups is 2. The van der Waals surface area contributed by atoms with Crippen LogP contribution in [0, 0.1) is 5.92 Å². The molecule has 0 saturated carbocycles. The zero-order valence-electron chi connectivity index (χ0n) is 25.8. The van der Waals surface area contributed by atoms with Crippen LogP contribution in [0.1, 0.15) is 67.9 Å². The molecule has 1 atom stereocenters. The number of rotatable bonds is 12. The van der Waals surface area contributed by atoms with Gasteiger partial charge in [0.25, 0.3) is 0 Å². The van der Waals surface area contributed by atoms with Gasteiger partial charge in [0.05, 0.1) is 11.5 Å². The third-order valence-corrected chi connectivity index (χ3v) is 8.48. The summed E-state index contributed by atoms with van der Waals surface area (Å²) < 4.78 is 0. The molecule has 0 bridgehead atoms. The second-order valence-corrected chi connectivity index (χ2v) is 11.8. The lowest BCUT2D eigenvalue weighted by Crippen LogP contribution is -2.44. The first-order valence-electron chi connectivity index (χ1n) is 15.1. The summed E-state index contributed by atoms with van der Waals surface area (Å²) in [4.78, 5) is 33.0. The van der Waals surface area contributed by atoms with Gasteiger partial charge in [-0.1, -0.05) is 84.9 Å². The molecule has 1 aliphatic rings. The number of benzene rings is 3. The predicted molar refractivity (Wildman–Crippen MR) is 171 cm³/mol. The molecule has 0 aliphatic carbocycles. The van der Waals surface area contributed by atoms with E-state index in [0.29, 0.717) is 18.6 Å². The van der Waals surface area contributed by atoms with Gasteiger partial charge in [-0.15, -0.1) is 0 Å². The summed E-state index contributed by atoms with van der Waals surface area (Å²) in [6, 6.07) is 27.3. The Kier molecular flexibility index (Phi) is 12.6. The van der Waals surface area contributed by atoms with E-state index in [1.807, 2.05) is 72.8 Å². The van der Waals surface area contributed by atoms with Crippen molar-refractivity contribution in [2.75, 3.05) is 19.6 Å². The SMILES string of the molecule is CC(C)(C(=O)O)c1ccc(C(O)CCCN2CCC(C(O)(c3ccccc3)c3ccccc3)CC2)cc1.O=C(O)/C=C/C(=O)O. The zero-order valence-corrected chi connectivity index (χ0v) is 25.8. The Morgan fingerprint density at radius 3 is 1.67 bits per heavy atom. The third-order valence-electron chi connectivity index (χ3n) is 8.48. The first-order chi connectivity index (χ1) is 21.4. The standard InChI is InChI=1S/C32H39NO4.C4H4O4/c1-31(2,30(35)36)25-17-15-24(16-18-25)29(34)14-9-21-33-22-19-28(20-23-33)32(37,26-10-5-3-6-11-26)27-12-7-4-8-13-27;5-3(6)1-2-4(7)8/h3-8,10-13,15-18,28-29,34,37H,9,14,19-23H2,1-2H3,(H,35,36);1-2H,(H,5,6)(H,7,8)/b;2-1+. The highest BCUT2D eigenvalue weighted by Gasteiger charge is 2.41. The summed E-state index contributed by atoms with van der Waals surface area (Å²) in [5.74, 6) is -3.25. The Balaban J connectivity index is 0.000000610. The van der Waals surface area contributed by atoms with Crippen LogP contribution >= 0.6 is 0 Å². The Bertz CT molecular complexity index is 1360. The summed E-state index contributed by atoms with van der Waals surface area (Å²) in [6.07, 6.45) is 3.88. The van der Waals surface area contributed by atoms with Crippen LogP contribution in [0.15, 0.2) is 97.1 Å². The summed E-state index contributed by atoms with van der Waals surface area (Å²) in [6.45, 7) is 6.11. The summed E-state index contributed by atoms with van der Waals surface area (Å²) in [5.41, 5.74) is 1.47. The molecule has 1 heterocycles. The van der Waals surface area contributed by atoms with Crippen molar-refractivity contribution in [3.8, 4) is 0 Å². The summed E-state index contributed by atoms with van der Waals surface area (Å²) >= 11 is 0. The number of hydrogen-bond acceptors (Lipinski definition) is 6. The van der Waals surface area contributed by atoms with Crippen molar-refractivity contribution >= 4 is 17.9 Å². The fourth-order valence-electron chi connectivity index (χ4n) is 5.66. The smallest absolute Gasteiger partial charge is 0.328 e. The number of piperidine rings is 1. The molecule has 9 nitrogen and oxygen atoms in total. The number of carboxylic acids is 3. The first-order valence-corrected chi connectivity index (χ1v) is 15.1. The van der Waals surface area contributed by atoms with Crippen molar-refractivity contribution in [1.29, 1.82) is 0 Å². The molecule has 3 aromatic rings. The van der Waals surface area contributed by atoms with Crippen LogP contribution in [-0.4, -0.2) is 68.0 Å². The van der Waals surface area contributed by atoms with Gasteiger partial charge in [-0.25, -0.2) is 9.59 Å². The molecule has 240 valence electrons. The van der Waals surface area contributed by atoms with Gasteiger partial charge in [0, 0.05) is 12.2 Å². The third kappa shape index (κ3) is 9.59. The van der Waals surface area contributed by atoms with E-state index in [9.17, 15) is 29.7 Å². The molecule has 45 heavy (non-hydrogen) atoms. The second-order valence-electron chi connectivity index (χ2n) is 11.8. The lowest BCUT2D eigenvalue weighted by atomic mass is 9.72. The van der Waals surface area contributed by atoms with E-state index in [1.54, 1.807) is 26.0 Å². The van der Waals surface area contributed by atoms with Crippen molar-refractivity contribution < 1.29 is 39.9 Å². The molecule has 5 N–H and O–H groups in total. The normalized spacial score (nSPS) is 15.2. The van der Waals surface area contributed by atoms with Crippen LogP contribution in [0.4, 0.5) is 0 Å². The minimum Gasteiger partial charge on any atom is -0.481 e. The molecule has 0 amide bonds. The van der Waals surface area contributed by atoms with Gasteiger partial charge in [-0.2, -0.15) is 0 Å². The minimum atomic E-state index is -1.26. The summed E-state index contributed by atoms with van der Waals surface area (Å²) in [7, 11) is 0. The van der Waals surface area contributed by atoms with Crippen molar-refractivity contribution in [2.45, 2.75) is 56.7 Å². The van der Waals surface area contributed by atoms with E-state index >= 15 is 0 Å². The van der Waals surface area contributed by atoms with E-state index < -0.39 is 35.0 Å². The van der Waals surface area contributed by atoms with E-state index in [2.05, 4.69) is 4.90 Å². The highest BCUT2D eigenvalue weighted by molar-refractivity contribution is 5.89. The van der Waals surface area contributed by atoms with Gasteiger partial charge >= 0.3 is 17.9 Å². The van der Waals surface area contributed by atoms with Gasteiger partial charge < -0.3 is 30.4 Å². The maximum Gasteiger partial charge on any atom is 0.328 e. The number of hydrogen-bond donors (Lipinski definition) is 5. The number of carboxylic acid groups (broad SMARTS) is 3. The summed E-state index contributed by atoms with van der Waals surface area (Å²) in [5, 5.41) is 47.8. The molecule has 0 aromatic heterocycles. The largest absolute Gasteiger partial charge is 0.481 e. The quantitative estimate of drug-likeness (QED) is 0.172. The lowest BCUT2D eigenvalue weighted by Gasteiger charge is -2.42. The zero-order chi connectivity index (χ0) is 33.0. The van der Waals surface area contributed by atoms with E-state index in [-0.39, 0.29) is 5.92 Å². The highest BCUT2D eigenvalue weighted by Crippen LogP contribution is 2.42. The Morgan fingerprint density at radius 2 is 1.24 bits per heavy atom. The molecule has 9 heteroatoms. The highest BCUT2D eigenvalue weighted by atomic mass is 16.4. The van der Waals surface area contributed by atoms with Crippen molar-refractivity contribution in [2.24, 2.45) is 5.92 Å². The fourth-order valence-corrected chi connectivity index (χ4v) is 5.66. The molecule has 1 fully saturated rings. The maximum absolute atomic E-state index is 12.1. The molecule has 1 saturated heterocycles. The number of likely N-dealkylation sites (tertiary alicyclic amines) is 1. The van der Waals surface area contributed by atoms with Crippen molar-refractivity contribution in [1.82, 2.24) is 4.90 Å². The van der Waals surface area contributed by atoms with E-state index in [0.717, 1.165) is 61.2 Å². The first kappa shape index (κ1) is 35.2. The Labute approximate surface area is 264 Å². The van der Waals surface area contributed by atoms with Crippen molar-refractivity contribution in [3.05, 3.63) is 119 Å². The molecular formula is C36H43NO8. The van der Waals surface area contributed by atoms with Crippen LogP contribution in [0.2, 0.25) is 0 Å². The molecule has 0 spiro atoms. The molecule has 4 rings (SSSR count). The monoisotopic (exact) mass is 617 g/mol. The Morgan fingerprint density at radius 1 is 0.778 bits per heavy atom. The van der Waals surface area contributed by atoms with Gasteiger partial charge in [0.1, 0.15) is 5.60 Å². The molecule has 1 aliphatic heterocycles. The minimum absolute atomic E-state index is 0.132. The molecular weight excluding hydrogens is 574 g/mol. The van der Waals surface area contributed by atoms with E-state index in [4.69, 9.17) is 10.2 Å². The molecule has 3 aromatic carbocycles. The van der Waals surface area contributed by atoms with Gasteiger partial charge in [0.15, 0.2) is 0 Å². The van der Waals surface area contributed by atoms with Gasteiger partial charge in [0.2, 0.25) is 0 Å². The molecule has 0 radical (unpaired) electrons. The second kappa shape index (κ2) is 16.1. The van der Waals surface area contributed by atoms with Crippen LogP contribution in [0.25, 0.3) is 0 Å². The van der Waals surface area contributed by atoms with Gasteiger partial charge in [-0.3, -0.25) is 4.79 Å². The average Bonchev–Trinajstić information content (AvgIpc) is 3.04. The average molecular weight is 618 g/mol. The molecule has 1 unspecified atom stereocenters. The van der Waals surface area contributed by atoms with Gasteiger partial charge in [-0.05, 0) is 87.3 Å². The fraction of sp³-hybridized carbons (Fsp3) is 0.361. The number of aliphatic hydroxyl groups excluding tert-OH is 1. The number of carbonyl (C=O) groups is 3. The topological polar surface area (TPSA) is 156 Å². The van der Waals surface area contributed by atoms with Crippen LogP contribution in [0.5, 0.6) is 0 Å². The number of nitrogens with zero attached hydrogens (tertiary/aromatic N) is 1. The van der Waals surface area contributed by atoms with Crippen molar-refractivity contribution in [3.63, 3.8) is 0 Å². The van der Waals surface area contributed by atoms with E-state index in [1.165, 1.54) is 0 Å². The van der Waals surface area contributed by atoms with Crippen LogP contribution in [-0.2, 0) is 25.4 Å². The van der Waals surface area contributed by atoms with Crippen LogP contribution < -0.4 is 0 Å².